The average Bonchev–Trinajstić information content (AvgIpc) is 3.54. The second kappa shape index (κ2) is 10.3. The monoisotopic (exact) mass is 466 g/mol. The molecule has 2 amide bonds. The van der Waals surface area contributed by atoms with Crippen molar-refractivity contribution in [3.05, 3.63) is 75.8 Å². The van der Waals surface area contributed by atoms with Gasteiger partial charge in [-0.25, -0.2) is 4.98 Å². The highest BCUT2D eigenvalue weighted by atomic mass is 16.6. The first-order chi connectivity index (χ1) is 16.4. The number of nitrogens with zero attached hydrogens (tertiary/aromatic N) is 5. The van der Waals surface area contributed by atoms with E-state index in [1.807, 2.05) is 29.8 Å². The number of nitrogens with one attached hydrogen (secondary N) is 1. The fraction of sp³-hybridized carbons (Fsp3) is 0.391. The van der Waals surface area contributed by atoms with E-state index in [1.54, 1.807) is 17.4 Å². The molecule has 0 aromatic carbocycles. The van der Waals surface area contributed by atoms with Crippen LogP contribution in [0.2, 0.25) is 0 Å². The van der Waals surface area contributed by atoms with Crippen molar-refractivity contribution in [1.82, 2.24) is 24.8 Å². The number of aryl methyl sites for hydroxylation is 2. The van der Waals surface area contributed by atoms with E-state index in [-0.39, 0.29) is 23.5 Å². The molecule has 0 saturated carbocycles. The number of rotatable bonds is 8. The zero-order valence-electron chi connectivity index (χ0n) is 18.8. The minimum Gasteiger partial charge on any atom is -0.395 e. The van der Waals surface area contributed by atoms with E-state index in [1.165, 1.54) is 12.1 Å². The van der Waals surface area contributed by atoms with Gasteiger partial charge in [-0.15, -0.1) is 0 Å². The predicted octanol–water partition coefficient (Wildman–Crippen LogP) is 2.93. The predicted molar refractivity (Wildman–Crippen MR) is 121 cm³/mol. The van der Waals surface area contributed by atoms with Gasteiger partial charge >= 0.3 is 5.88 Å². The number of carbonyl (C=O) groups is 2. The van der Waals surface area contributed by atoms with Crippen LogP contribution in [0, 0.1) is 17.0 Å². The summed E-state index contributed by atoms with van der Waals surface area (Å²) in [6.45, 7) is 4.08. The molecule has 4 rings (SSSR count). The van der Waals surface area contributed by atoms with Crippen molar-refractivity contribution in [1.29, 1.82) is 0 Å². The number of hydrogen-bond acceptors (Lipinski definition) is 7. The standard InChI is InChI=1S/C23H26N6O5/c1-16-3-4-18(22(30)25-9-2-11-27-14-10-24-15-27)21(26-16)17-7-12-28(13-8-17)23(31)19-5-6-20(34-19)29(32)33/h3-6,10,14-15,17H,2,7-9,11-13H2,1H3,(H,25,30). The van der Waals surface area contributed by atoms with Gasteiger partial charge in [0, 0.05) is 50.2 Å². The quantitative estimate of drug-likeness (QED) is 0.306. The average molecular weight is 466 g/mol. The summed E-state index contributed by atoms with van der Waals surface area (Å²) in [6, 6.07) is 6.13. The molecule has 1 fully saturated rings. The number of pyridine rings is 1. The number of furan rings is 1. The minimum absolute atomic E-state index is 0.0292. The Hall–Kier alpha value is -4.02. The number of piperidine rings is 1. The second-order valence-electron chi connectivity index (χ2n) is 8.26. The molecule has 34 heavy (non-hydrogen) atoms. The van der Waals surface area contributed by atoms with Gasteiger partial charge in [0.25, 0.3) is 11.8 Å². The molecule has 3 aromatic heterocycles. The lowest BCUT2D eigenvalue weighted by Gasteiger charge is -2.32. The highest BCUT2D eigenvalue weighted by Crippen LogP contribution is 2.30. The smallest absolute Gasteiger partial charge is 0.395 e. The maximum Gasteiger partial charge on any atom is 0.433 e. The summed E-state index contributed by atoms with van der Waals surface area (Å²) in [4.78, 5) is 46.0. The van der Waals surface area contributed by atoms with Gasteiger partial charge in [0.2, 0.25) is 0 Å². The maximum absolute atomic E-state index is 12.9. The molecule has 0 aliphatic carbocycles. The van der Waals surface area contributed by atoms with Crippen LogP contribution in [0.25, 0.3) is 0 Å². The first kappa shape index (κ1) is 23.1. The Morgan fingerprint density at radius 1 is 1.24 bits per heavy atom. The van der Waals surface area contributed by atoms with Crippen molar-refractivity contribution >= 4 is 17.7 Å². The van der Waals surface area contributed by atoms with Crippen molar-refractivity contribution < 1.29 is 18.9 Å². The SMILES string of the molecule is Cc1ccc(C(=O)NCCCn2ccnc2)c(C2CCN(C(=O)c3ccc([N+](=O)[O-])o3)CC2)n1. The van der Waals surface area contributed by atoms with Crippen LogP contribution in [0.15, 0.2) is 47.4 Å². The molecule has 178 valence electrons. The molecule has 0 radical (unpaired) electrons. The van der Waals surface area contributed by atoms with Crippen LogP contribution < -0.4 is 5.32 Å². The van der Waals surface area contributed by atoms with Gasteiger partial charge in [0.1, 0.15) is 4.92 Å². The van der Waals surface area contributed by atoms with E-state index in [2.05, 4.69) is 15.3 Å². The molecule has 1 N–H and O–H groups in total. The zero-order valence-corrected chi connectivity index (χ0v) is 18.8. The third-order valence-corrected chi connectivity index (χ3v) is 5.90. The van der Waals surface area contributed by atoms with Crippen LogP contribution >= 0.6 is 0 Å². The third kappa shape index (κ3) is 5.30. The molecule has 0 atom stereocenters. The molecule has 1 aliphatic heterocycles. The van der Waals surface area contributed by atoms with Gasteiger partial charge in [-0.1, -0.05) is 0 Å². The van der Waals surface area contributed by atoms with Gasteiger partial charge in [-0.05, 0) is 44.4 Å². The topological polar surface area (TPSA) is 136 Å². The zero-order chi connectivity index (χ0) is 24.1. The van der Waals surface area contributed by atoms with E-state index < -0.39 is 10.8 Å². The van der Waals surface area contributed by atoms with Crippen LogP contribution in [0.4, 0.5) is 5.88 Å². The highest BCUT2D eigenvalue weighted by Gasteiger charge is 2.30. The minimum atomic E-state index is -0.670. The summed E-state index contributed by atoms with van der Waals surface area (Å²) in [7, 11) is 0. The normalized spacial score (nSPS) is 14.2. The Morgan fingerprint density at radius 3 is 2.71 bits per heavy atom. The van der Waals surface area contributed by atoms with Gasteiger partial charge in [0.05, 0.1) is 23.7 Å². The second-order valence-corrected chi connectivity index (χ2v) is 8.26. The van der Waals surface area contributed by atoms with E-state index in [9.17, 15) is 19.7 Å². The summed E-state index contributed by atoms with van der Waals surface area (Å²) < 4.78 is 7.01. The van der Waals surface area contributed by atoms with Gasteiger partial charge in [-0.2, -0.15) is 0 Å². The number of aromatic nitrogens is 3. The Labute approximate surface area is 195 Å². The van der Waals surface area contributed by atoms with Crippen LogP contribution in [0.5, 0.6) is 0 Å². The largest absolute Gasteiger partial charge is 0.433 e. The summed E-state index contributed by atoms with van der Waals surface area (Å²) in [5, 5.41) is 13.8. The fourth-order valence-electron chi connectivity index (χ4n) is 4.11. The summed E-state index contributed by atoms with van der Waals surface area (Å²) in [6.07, 6.45) is 7.39. The van der Waals surface area contributed by atoms with Crippen LogP contribution in [0.3, 0.4) is 0 Å². The van der Waals surface area contributed by atoms with E-state index in [0.29, 0.717) is 38.0 Å². The molecule has 4 heterocycles. The first-order valence-corrected chi connectivity index (χ1v) is 11.2. The molecule has 0 spiro atoms. The number of nitro groups is 1. The van der Waals surface area contributed by atoms with Gasteiger partial charge in [0.15, 0.2) is 5.76 Å². The molecule has 0 unspecified atom stereocenters. The molecule has 1 saturated heterocycles. The van der Waals surface area contributed by atoms with Gasteiger partial charge < -0.3 is 19.2 Å². The van der Waals surface area contributed by atoms with Gasteiger partial charge in [-0.3, -0.25) is 24.7 Å². The maximum atomic E-state index is 12.9. The molecular weight excluding hydrogens is 440 g/mol. The number of hydrogen-bond donors (Lipinski definition) is 1. The van der Waals surface area contributed by atoms with Crippen LogP contribution in [-0.2, 0) is 6.54 Å². The summed E-state index contributed by atoms with van der Waals surface area (Å²) in [5.74, 6) is -1.01. The Balaban J connectivity index is 1.36. The Kier molecular flexibility index (Phi) is 7.00. The lowest BCUT2D eigenvalue weighted by atomic mass is 9.89. The van der Waals surface area contributed by atoms with Crippen molar-refractivity contribution in [3.8, 4) is 0 Å². The Bertz CT molecular complexity index is 1160. The third-order valence-electron chi connectivity index (χ3n) is 5.90. The van der Waals surface area contributed by atoms with E-state index in [4.69, 9.17) is 4.42 Å². The number of carbonyl (C=O) groups excluding carboxylic acids is 2. The summed E-state index contributed by atoms with van der Waals surface area (Å²) in [5.41, 5.74) is 2.13. The molecule has 3 aromatic rings. The van der Waals surface area contributed by atoms with Crippen molar-refractivity contribution in [2.75, 3.05) is 19.6 Å². The van der Waals surface area contributed by atoms with Crippen LogP contribution in [-0.4, -0.2) is 55.8 Å². The molecular formula is C23H26N6O5. The number of likely N-dealkylation sites (tertiary alicyclic amines) is 1. The highest BCUT2D eigenvalue weighted by molar-refractivity contribution is 5.95. The van der Waals surface area contributed by atoms with Crippen molar-refractivity contribution in [2.45, 2.75) is 38.6 Å². The van der Waals surface area contributed by atoms with Crippen LogP contribution in [0.1, 0.15) is 57.5 Å². The number of imidazole rings is 1. The molecule has 11 nitrogen and oxygen atoms in total. The summed E-state index contributed by atoms with van der Waals surface area (Å²) >= 11 is 0. The lowest BCUT2D eigenvalue weighted by molar-refractivity contribution is -0.402. The number of amides is 2. The fourth-order valence-corrected chi connectivity index (χ4v) is 4.11. The Morgan fingerprint density at radius 2 is 2.03 bits per heavy atom. The lowest BCUT2D eigenvalue weighted by Crippen LogP contribution is -2.38. The van der Waals surface area contributed by atoms with Crippen molar-refractivity contribution in [2.24, 2.45) is 0 Å². The molecule has 1 aliphatic rings. The molecule has 0 bridgehead atoms. The van der Waals surface area contributed by atoms with Crippen molar-refractivity contribution in [3.63, 3.8) is 0 Å². The van der Waals surface area contributed by atoms with E-state index in [0.717, 1.165) is 24.4 Å². The molecule has 11 heteroatoms. The van der Waals surface area contributed by atoms with E-state index >= 15 is 0 Å². The first-order valence-electron chi connectivity index (χ1n) is 11.2.